The van der Waals surface area contributed by atoms with Crippen molar-refractivity contribution < 1.29 is 19.4 Å². The lowest BCUT2D eigenvalue weighted by Crippen LogP contribution is -2.27. The summed E-state index contributed by atoms with van der Waals surface area (Å²) in [6, 6.07) is 0. The van der Waals surface area contributed by atoms with Crippen LogP contribution in [0.4, 0.5) is 0 Å². The summed E-state index contributed by atoms with van der Waals surface area (Å²) in [5.74, 6) is -0.267. The van der Waals surface area contributed by atoms with E-state index in [1.165, 1.54) is 64.2 Å². The van der Waals surface area contributed by atoms with E-state index in [9.17, 15) is 9.90 Å². The number of esters is 1. The van der Waals surface area contributed by atoms with Crippen molar-refractivity contribution in [3.05, 3.63) is 109 Å². The van der Waals surface area contributed by atoms with E-state index >= 15 is 0 Å². The maximum atomic E-state index is 12.2. The summed E-state index contributed by atoms with van der Waals surface area (Å²) < 4.78 is 11.1. The van der Waals surface area contributed by atoms with Crippen LogP contribution in [-0.4, -0.2) is 37.0 Å². The highest BCUT2D eigenvalue weighted by Gasteiger charge is 2.13. The predicted molar refractivity (Wildman–Crippen MR) is 228 cm³/mol. The summed E-state index contributed by atoms with van der Waals surface area (Å²) in [6.45, 7) is 5.11. The molecular weight excluding hydrogens is 641 g/mol. The van der Waals surface area contributed by atoms with Gasteiger partial charge in [-0.15, -0.1) is 0 Å². The number of ether oxygens (including phenoxy) is 2. The average Bonchev–Trinajstić information content (AvgIpc) is 3.15. The van der Waals surface area contributed by atoms with Gasteiger partial charge in [-0.1, -0.05) is 168 Å². The molecule has 1 atom stereocenters. The van der Waals surface area contributed by atoms with E-state index in [0.717, 1.165) is 77.0 Å². The minimum Gasteiger partial charge on any atom is -0.457 e. The molecule has 4 heteroatoms. The second-order valence-electron chi connectivity index (χ2n) is 13.3. The Kier molecular flexibility index (Phi) is 41.7. The Labute approximate surface area is 321 Å². The van der Waals surface area contributed by atoms with Crippen molar-refractivity contribution in [3.8, 4) is 0 Å². The fraction of sp³-hybridized carbons (Fsp3) is 0.604. The Morgan fingerprint density at radius 1 is 0.481 bits per heavy atom. The van der Waals surface area contributed by atoms with Crippen molar-refractivity contribution in [2.45, 2.75) is 168 Å². The lowest BCUT2D eigenvalue weighted by molar-refractivity contribution is -0.154. The molecular formula is C48H78O4. The van der Waals surface area contributed by atoms with Crippen LogP contribution >= 0.6 is 0 Å². The number of carbonyl (C=O) groups excluding carboxylic acids is 1. The summed E-state index contributed by atoms with van der Waals surface area (Å²) in [6.07, 6.45) is 64.3. The van der Waals surface area contributed by atoms with Gasteiger partial charge >= 0.3 is 5.97 Å². The van der Waals surface area contributed by atoms with Crippen LogP contribution in [0.15, 0.2) is 109 Å². The van der Waals surface area contributed by atoms with Crippen molar-refractivity contribution in [1.82, 2.24) is 0 Å². The normalized spacial score (nSPS) is 13.5. The second kappa shape index (κ2) is 44.2. The van der Waals surface area contributed by atoms with Crippen molar-refractivity contribution >= 4 is 5.97 Å². The highest BCUT2D eigenvalue weighted by molar-refractivity contribution is 5.69. The van der Waals surface area contributed by atoms with Crippen molar-refractivity contribution in [2.75, 3.05) is 19.8 Å². The molecule has 294 valence electrons. The molecule has 52 heavy (non-hydrogen) atoms. The van der Waals surface area contributed by atoms with E-state index in [1.807, 2.05) is 0 Å². The lowest BCUT2D eigenvalue weighted by Gasteiger charge is -2.15. The first kappa shape index (κ1) is 49.0. The summed E-state index contributed by atoms with van der Waals surface area (Å²) in [5.41, 5.74) is 0. The molecule has 0 aliphatic heterocycles. The third-order valence-electron chi connectivity index (χ3n) is 8.33. The van der Waals surface area contributed by atoms with E-state index < -0.39 is 6.10 Å². The average molecular weight is 719 g/mol. The number of allylic oxidation sites excluding steroid dienone is 18. The van der Waals surface area contributed by atoms with Crippen LogP contribution in [0.3, 0.4) is 0 Å². The first-order valence-electron chi connectivity index (χ1n) is 21.0. The van der Waals surface area contributed by atoms with Gasteiger partial charge in [0.05, 0.1) is 13.2 Å². The van der Waals surface area contributed by atoms with Crippen LogP contribution in [-0.2, 0) is 14.3 Å². The molecule has 0 amide bonds. The zero-order valence-electron chi connectivity index (χ0n) is 33.5. The molecule has 0 heterocycles. The number of hydrogen-bond acceptors (Lipinski definition) is 4. The second-order valence-corrected chi connectivity index (χ2v) is 13.3. The van der Waals surface area contributed by atoms with Crippen LogP contribution in [0.25, 0.3) is 0 Å². The van der Waals surface area contributed by atoms with Gasteiger partial charge in [0.1, 0.15) is 6.10 Å². The van der Waals surface area contributed by atoms with Gasteiger partial charge in [0.15, 0.2) is 0 Å². The number of hydrogen-bond donors (Lipinski definition) is 1. The molecule has 0 aromatic carbocycles. The van der Waals surface area contributed by atoms with Crippen LogP contribution < -0.4 is 0 Å². The summed E-state index contributed by atoms with van der Waals surface area (Å²) in [5, 5.41) is 9.59. The Balaban J connectivity index is 3.64. The zero-order chi connectivity index (χ0) is 37.7. The van der Waals surface area contributed by atoms with Crippen LogP contribution in [0, 0.1) is 0 Å². The van der Waals surface area contributed by atoms with Crippen molar-refractivity contribution in [1.29, 1.82) is 0 Å². The van der Waals surface area contributed by atoms with Gasteiger partial charge in [-0.3, -0.25) is 4.79 Å². The molecule has 0 saturated carbocycles. The van der Waals surface area contributed by atoms with Gasteiger partial charge < -0.3 is 14.6 Å². The number of carbonyl (C=O) groups is 1. The van der Waals surface area contributed by atoms with E-state index in [0.29, 0.717) is 13.0 Å². The Bertz CT molecular complexity index is 1020. The molecule has 1 N–H and O–H groups in total. The highest BCUT2D eigenvalue weighted by Crippen LogP contribution is 2.09. The Morgan fingerprint density at radius 2 is 0.865 bits per heavy atom. The van der Waals surface area contributed by atoms with Crippen molar-refractivity contribution in [2.24, 2.45) is 0 Å². The molecule has 0 aliphatic carbocycles. The van der Waals surface area contributed by atoms with Crippen LogP contribution in [0.1, 0.15) is 162 Å². The summed E-state index contributed by atoms with van der Waals surface area (Å²) >= 11 is 0. The van der Waals surface area contributed by atoms with Gasteiger partial charge in [0.2, 0.25) is 0 Å². The fourth-order valence-electron chi connectivity index (χ4n) is 5.23. The fourth-order valence-corrected chi connectivity index (χ4v) is 5.23. The van der Waals surface area contributed by atoms with Crippen molar-refractivity contribution in [3.63, 3.8) is 0 Å². The van der Waals surface area contributed by atoms with Gasteiger partial charge in [-0.05, 0) is 96.3 Å². The van der Waals surface area contributed by atoms with Gasteiger partial charge in [0.25, 0.3) is 0 Å². The Morgan fingerprint density at radius 3 is 1.31 bits per heavy atom. The minimum absolute atomic E-state index is 0.207. The summed E-state index contributed by atoms with van der Waals surface area (Å²) in [7, 11) is 0. The lowest BCUT2D eigenvalue weighted by atomic mass is 10.1. The van der Waals surface area contributed by atoms with Gasteiger partial charge in [-0.25, -0.2) is 0 Å². The topological polar surface area (TPSA) is 55.8 Å². The zero-order valence-corrected chi connectivity index (χ0v) is 33.5. The molecule has 0 aliphatic rings. The predicted octanol–water partition coefficient (Wildman–Crippen LogP) is 13.9. The molecule has 0 fully saturated rings. The number of unbranched alkanes of at least 4 members (excludes halogenated alkanes) is 11. The molecule has 1 unspecified atom stereocenters. The number of aliphatic hydroxyl groups excluding tert-OH is 1. The largest absolute Gasteiger partial charge is 0.457 e. The first-order valence-corrected chi connectivity index (χ1v) is 21.0. The maximum absolute atomic E-state index is 12.2. The SMILES string of the molecule is CC/C=C\C/C=C\C/C=C\C/C=C\C/C=C\C/C=C\C/C=C\CCCC(=O)OC(CO)COCCCCCCCC/C=C\C/C=C\CCCCCC. The minimum atomic E-state index is -0.578. The molecule has 0 spiro atoms. The maximum Gasteiger partial charge on any atom is 0.306 e. The van der Waals surface area contributed by atoms with Gasteiger partial charge in [0, 0.05) is 13.0 Å². The van der Waals surface area contributed by atoms with E-state index in [1.54, 1.807) is 0 Å². The van der Waals surface area contributed by atoms with Crippen LogP contribution in [0.5, 0.6) is 0 Å². The molecule has 4 nitrogen and oxygen atoms in total. The van der Waals surface area contributed by atoms with E-state index in [4.69, 9.17) is 9.47 Å². The molecule has 0 saturated heterocycles. The van der Waals surface area contributed by atoms with E-state index in [2.05, 4.69) is 123 Å². The van der Waals surface area contributed by atoms with Crippen LogP contribution in [0.2, 0.25) is 0 Å². The smallest absolute Gasteiger partial charge is 0.306 e. The van der Waals surface area contributed by atoms with Gasteiger partial charge in [-0.2, -0.15) is 0 Å². The quantitative estimate of drug-likeness (QED) is 0.0395. The highest BCUT2D eigenvalue weighted by atomic mass is 16.6. The number of aliphatic hydroxyl groups is 1. The monoisotopic (exact) mass is 719 g/mol. The standard InChI is InChI=1S/C48H78O4/c1-3-5-7-9-11-13-15-17-19-21-22-23-24-25-26-27-29-31-33-35-37-39-41-43-48(50)52-47(45-49)46-51-44-42-40-38-36-34-32-30-28-20-18-16-14-12-10-8-6-4-2/h5,7,11,13-14,16-17,19-20,22-23,25-26,28-29,31,35,37,47,49H,3-4,6,8-10,12,15,18,21,24,27,30,32-34,36,38-46H2,1-2H3/b7-5-,13-11-,16-14-,19-17-,23-22-,26-25-,28-20-,31-29-,37-35-. The molecule has 0 bridgehead atoms. The Hall–Kier alpha value is -2.95. The third kappa shape index (κ3) is 41.5. The third-order valence-corrected chi connectivity index (χ3v) is 8.33. The molecule has 0 aromatic rings. The summed E-state index contributed by atoms with van der Waals surface area (Å²) in [4.78, 5) is 12.2. The first-order chi connectivity index (χ1) is 25.7. The molecule has 0 rings (SSSR count). The molecule has 0 radical (unpaired) electrons. The molecule has 0 aromatic heterocycles. The van der Waals surface area contributed by atoms with E-state index in [-0.39, 0.29) is 19.2 Å². The number of rotatable bonds is 37.